The zero-order valence-electron chi connectivity index (χ0n) is 11.0. The Morgan fingerprint density at radius 1 is 1.20 bits per heavy atom. The molecule has 0 spiro atoms. The maximum absolute atomic E-state index is 12.6. The maximum atomic E-state index is 12.6. The summed E-state index contributed by atoms with van der Waals surface area (Å²) >= 11 is 0. The van der Waals surface area contributed by atoms with Crippen molar-refractivity contribution >= 4 is 11.6 Å². The SMILES string of the molecule is NC1(C(=O)Nc2cccc(C(F)(F)F)c2)CCCCC1. The number of alkyl halides is 3. The lowest BCUT2D eigenvalue weighted by atomic mass is 9.82. The molecule has 3 nitrogen and oxygen atoms in total. The van der Waals surface area contributed by atoms with Crippen LogP contribution in [-0.2, 0) is 11.0 Å². The van der Waals surface area contributed by atoms with E-state index in [1.807, 2.05) is 0 Å². The summed E-state index contributed by atoms with van der Waals surface area (Å²) in [6.45, 7) is 0. The molecule has 2 rings (SSSR count). The van der Waals surface area contributed by atoms with Gasteiger partial charge in [-0.25, -0.2) is 0 Å². The first-order valence-corrected chi connectivity index (χ1v) is 6.59. The first-order chi connectivity index (χ1) is 9.31. The number of carbonyl (C=O) groups is 1. The molecule has 1 aromatic carbocycles. The predicted molar refractivity (Wildman–Crippen MR) is 70.1 cm³/mol. The number of hydrogen-bond acceptors (Lipinski definition) is 2. The van der Waals surface area contributed by atoms with Crippen molar-refractivity contribution in [3.05, 3.63) is 29.8 Å². The van der Waals surface area contributed by atoms with Gasteiger partial charge in [-0.15, -0.1) is 0 Å². The highest BCUT2D eigenvalue weighted by Crippen LogP contribution is 2.31. The molecular weight excluding hydrogens is 269 g/mol. The maximum Gasteiger partial charge on any atom is 0.416 e. The molecule has 0 aliphatic heterocycles. The number of benzene rings is 1. The van der Waals surface area contributed by atoms with E-state index in [0.717, 1.165) is 31.4 Å². The molecule has 0 aromatic heterocycles. The Morgan fingerprint density at radius 2 is 1.85 bits per heavy atom. The lowest BCUT2D eigenvalue weighted by molar-refractivity contribution is -0.137. The third kappa shape index (κ3) is 3.30. The number of nitrogens with two attached hydrogens (primary N) is 1. The molecule has 1 aliphatic carbocycles. The molecule has 0 saturated heterocycles. The summed E-state index contributed by atoms with van der Waals surface area (Å²) in [5, 5.41) is 2.50. The molecule has 3 N–H and O–H groups in total. The summed E-state index contributed by atoms with van der Waals surface area (Å²) in [5.41, 5.74) is 4.41. The highest BCUT2D eigenvalue weighted by molar-refractivity contribution is 5.98. The zero-order chi connectivity index (χ0) is 14.8. The largest absolute Gasteiger partial charge is 0.416 e. The van der Waals surface area contributed by atoms with Gasteiger partial charge in [0.05, 0.1) is 11.1 Å². The van der Waals surface area contributed by atoms with Crippen LogP contribution in [0.2, 0.25) is 0 Å². The molecule has 0 radical (unpaired) electrons. The van der Waals surface area contributed by atoms with Crippen molar-refractivity contribution in [3.63, 3.8) is 0 Å². The van der Waals surface area contributed by atoms with Gasteiger partial charge in [-0.05, 0) is 31.0 Å². The quantitative estimate of drug-likeness (QED) is 0.876. The smallest absolute Gasteiger partial charge is 0.324 e. The van der Waals surface area contributed by atoms with Crippen molar-refractivity contribution in [2.45, 2.75) is 43.8 Å². The normalized spacial score (nSPS) is 18.6. The van der Waals surface area contributed by atoms with Crippen LogP contribution in [0.15, 0.2) is 24.3 Å². The van der Waals surface area contributed by atoms with Crippen LogP contribution in [0.25, 0.3) is 0 Å². The van der Waals surface area contributed by atoms with Crippen molar-refractivity contribution in [2.24, 2.45) is 5.73 Å². The van der Waals surface area contributed by atoms with E-state index >= 15 is 0 Å². The van der Waals surface area contributed by atoms with Crippen LogP contribution in [0.4, 0.5) is 18.9 Å². The number of hydrogen-bond donors (Lipinski definition) is 2. The first-order valence-electron chi connectivity index (χ1n) is 6.59. The van der Waals surface area contributed by atoms with Crippen molar-refractivity contribution in [2.75, 3.05) is 5.32 Å². The van der Waals surface area contributed by atoms with Crippen molar-refractivity contribution in [3.8, 4) is 0 Å². The van der Waals surface area contributed by atoms with Gasteiger partial charge in [0.25, 0.3) is 0 Å². The lowest BCUT2D eigenvalue weighted by Crippen LogP contribution is -2.52. The van der Waals surface area contributed by atoms with E-state index < -0.39 is 23.2 Å². The van der Waals surface area contributed by atoms with Crippen LogP contribution in [0.3, 0.4) is 0 Å². The average Bonchev–Trinajstić information content (AvgIpc) is 2.39. The average molecular weight is 286 g/mol. The summed E-state index contributed by atoms with van der Waals surface area (Å²) in [4.78, 5) is 12.1. The van der Waals surface area contributed by atoms with E-state index in [9.17, 15) is 18.0 Å². The molecule has 0 unspecified atom stereocenters. The van der Waals surface area contributed by atoms with E-state index in [1.54, 1.807) is 0 Å². The lowest BCUT2D eigenvalue weighted by Gasteiger charge is -2.31. The second-order valence-corrected chi connectivity index (χ2v) is 5.25. The van der Waals surface area contributed by atoms with E-state index in [2.05, 4.69) is 5.32 Å². The summed E-state index contributed by atoms with van der Waals surface area (Å²) in [7, 11) is 0. The summed E-state index contributed by atoms with van der Waals surface area (Å²) < 4.78 is 37.8. The monoisotopic (exact) mass is 286 g/mol. The topological polar surface area (TPSA) is 55.1 Å². The van der Waals surface area contributed by atoms with Gasteiger partial charge in [-0.2, -0.15) is 13.2 Å². The van der Waals surface area contributed by atoms with E-state index in [1.165, 1.54) is 12.1 Å². The van der Waals surface area contributed by atoms with Crippen LogP contribution in [0, 0.1) is 0 Å². The van der Waals surface area contributed by atoms with Crippen LogP contribution in [-0.4, -0.2) is 11.4 Å². The Kier molecular flexibility index (Phi) is 4.04. The van der Waals surface area contributed by atoms with E-state index in [-0.39, 0.29) is 5.69 Å². The van der Waals surface area contributed by atoms with Gasteiger partial charge in [-0.3, -0.25) is 4.79 Å². The predicted octanol–water partition coefficient (Wildman–Crippen LogP) is 3.31. The molecule has 1 aromatic rings. The van der Waals surface area contributed by atoms with Crippen LogP contribution < -0.4 is 11.1 Å². The number of amides is 1. The standard InChI is InChI=1S/C14H17F3N2O/c15-14(16,17)10-5-4-6-11(9-10)19-12(20)13(18)7-2-1-3-8-13/h4-6,9H,1-3,7-8,18H2,(H,19,20). The highest BCUT2D eigenvalue weighted by Gasteiger charge is 2.36. The van der Waals surface area contributed by atoms with Crippen LogP contribution >= 0.6 is 0 Å². The minimum Gasteiger partial charge on any atom is -0.324 e. The Bertz CT molecular complexity index is 493. The fourth-order valence-corrected chi connectivity index (χ4v) is 2.44. The molecule has 6 heteroatoms. The van der Waals surface area contributed by atoms with Crippen molar-refractivity contribution in [1.82, 2.24) is 0 Å². The van der Waals surface area contributed by atoms with Crippen LogP contribution in [0.1, 0.15) is 37.7 Å². The van der Waals surface area contributed by atoms with Gasteiger partial charge in [0.15, 0.2) is 0 Å². The van der Waals surface area contributed by atoms with Gasteiger partial charge in [0.1, 0.15) is 0 Å². The molecule has 0 bridgehead atoms. The highest BCUT2D eigenvalue weighted by atomic mass is 19.4. The van der Waals surface area contributed by atoms with Gasteiger partial charge < -0.3 is 11.1 Å². The molecule has 0 heterocycles. The fraction of sp³-hybridized carbons (Fsp3) is 0.500. The molecular formula is C14H17F3N2O. The second-order valence-electron chi connectivity index (χ2n) is 5.25. The number of nitrogens with one attached hydrogen (secondary N) is 1. The van der Waals surface area contributed by atoms with Gasteiger partial charge >= 0.3 is 6.18 Å². The van der Waals surface area contributed by atoms with E-state index in [4.69, 9.17) is 5.73 Å². The number of halogens is 3. The van der Waals surface area contributed by atoms with Gasteiger partial charge in [-0.1, -0.05) is 25.3 Å². The molecule has 110 valence electrons. The summed E-state index contributed by atoms with van der Waals surface area (Å²) in [6.07, 6.45) is -0.517. The minimum absolute atomic E-state index is 0.125. The molecule has 1 fully saturated rings. The Hall–Kier alpha value is -1.56. The third-order valence-electron chi connectivity index (χ3n) is 3.65. The first kappa shape index (κ1) is 14.8. The Balaban J connectivity index is 2.12. The fourth-order valence-electron chi connectivity index (χ4n) is 2.44. The zero-order valence-corrected chi connectivity index (χ0v) is 11.0. The van der Waals surface area contributed by atoms with Gasteiger partial charge in [0, 0.05) is 5.69 Å². The molecule has 0 atom stereocenters. The second kappa shape index (κ2) is 5.44. The van der Waals surface area contributed by atoms with Gasteiger partial charge in [0.2, 0.25) is 5.91 Å². The number of rotatable bonds is 2. The van der Waals surface area contributed by atoms with E-state index in [0.29, 0.717) is 12.8 Å². The Labute approximate surface area is 115 Å². The third-order valence-corrected chi connectivity index (χ3v) is 3.65. The summed E-state index contributed by atoms with van der Waals surface area (Å²) in [5.74, 6) is -0.406. The van der Waals surface area contributed by atoms with Crippen molar-refractivity contribution in [1.29, 1.82) is 0 Å². The molecule has 1 saturated carbocycles. The minimum atomic E-state index is -4.42. The molecule has 20 heavy (non-hydrogen) atoms. The van der Waals surface area contributed by atoms with Crippen molar-refractivity contribution < 1.29 is 18.0 Å². The molecule has 1 amide bonds. The Morgan fingerprint density at radius 3 is 2.45 bits per heavy atom. The summed E-state index contributed by atoms with van der Waals surface area (Å²) in [6, 6.07) is 4.58. The molecule has 1 aliphatic rings. The number of carbonyl (C=O) groups excluding carboxylic acids is 1. The van der Waals surface area contributed by atoms with Crippen LogP contribution in [0.5, 0.6) is 0 Å². The number of anilines is 1.